The number of hydrogen-bond donors (Lipinski definition) is 1. The Bertz CT molecular complexity index is 613. The molecule has 0 fully saturated rings. The van der Waals surface area contributed by atoms with Gasteiger partial charge in [0.25, 0.3) is 0 Å². The number of hydrogen-bond acceptors (Lipinski definition) is 2. The van der Waals surface area contributed by atoms with E-state index in [9.17, 15) is 5.11 Å². The molecule has 0 aromatic heterocycles. The highest BCUT2D eigenvalue weighted by Crippen LogP contribution is 2.31. The Kier molecular flexibility index (Phi) is 5.08. The van der Waals surface area contributed by atoms with E-state index < -0.39 is 6.10 Å². The summed E-state index contributed by atoms with van der Waals surface area (Å²) in [6.07, 6.45) is -0.164. The molecule has 2 aromatic rings. The van der Waals surface area contributed by atoms with Crippen LogP contribution in [0.1, 0.15) is 22.8 Å². The van der Waals surface area contributed by atoms with Gasteiger partial charge < -0.3 is 9.84 Å². The Balaban J connectivity index is 2.29. The molecule has 2 aromatic carbocycles. The van der Waals surface area contributed by atoms with Gasteiger partial charge in [-0.05, 0) is 42.3 Å². The van der Waals surface area contributed by atoms with E-state index in [4.69, 9.17) is 16.3 Å². The smallest absolute Gasteiger partial charge is 0.122 e. The van der Waals surface area contributed by atoms with Crippen molar-refractivity contribution in [2.75, 3.05) is 7.11 Å². The molecule has 0 saturated carbocycles. The van der Waals surface area contributed by atoms with Gasteiger partial charge in [-0.15, -0.1) is 0 Å². The zero-order valence-corrected chi connectivity index (χ0v) is 13.7. The van der Waals surface area contributed by atoms with Crippen LogP contribution in [0, 0.1) is 6.92 Å². The lowest BCUT2D eigenvalue weighted by atomic mass is 9.99. The van der Waals surface area contributed by atoms with Gasteiger partial charge in [-0.1, -0.05) is 45.2 Å². The van der Waals surface area contributed by atoms with E-state index >= 15 is 0 Å². The number of rotatable bonds is 4. The maximum absolute atomic E-state index is 10.5. The summed E-state index contributed by atoms with van der Waals surface area (Å²) >= 11 is 9.49. The third kappa shape index (κ3) is 3.54. The molecular weight excluding hydrogens is 340 g/mol. The first-order valence-electron chi connectivity index (χ1n) is 6.28. The van der Waals surface area contributed by atoms with Gasteiger partial charge >= 0.3 is 0 Å². The predicted octanol–water partition coefficient (Wildman–Crippen LogP) is 4.70. The van der Waals surface area contributed by atoms with Crippen LogP contribution in [-0.2, 0) is 6.42 Å². The number of benzene rings is 2. The van der Waals surface area contributed by atoms with Gasteiger partial charge in [0.05, 0.1) is 13.2 Å². The molecule has 0 aliphatic carbocycles. The number of halogens is 2. The van der Waals surface area contributed by atoms with Crippen molar-refractivity contribution in [3.8, 4) is 5.75 Å². The van der Waals surface area contributed by atoms with Crippen molar-refractivity contribution in [1.82, 2.24) is 0 Å². The van der Waals surface area contributed by atoms with Crippen LogP contribution in [0.25, 0.3) is 0 Å². The van der Waals surface area contributed by atoms with Crippen LogP contribution < -0.4 is 4.74 Å². The topological polar surface area (TPSA) is 29.5 Å². The molecule has 0 radical (unpaired) electrons. The maximum atomic E-state index is 10.5. The van der Waals surface area contributed by atoms with E-state index in [1.807, 2.05) is 37.3 Å². The molecule has 4 heteroatoms. The van der Waals surface area contributed by atoms with Crippen molar-refractivity contribution in [1.29, 1.82) is 0 Å². The second-order valence-corrected chi connectivity index (χ2v) is 5.99. The highest BCUT2D eigenvalue weighted by atomic mass is 79.9. The Morgan fingerprint density at radius 1 is 1.25 bits per heavy atom. The predicted molar refractivity (Wildman–Crippen MR) is 85.5 cm³/mol. The zero-order chi connectivity index (χ0) is 14.7. The second kappa shape index (κ2) is 6.61. The minimum atomic E-state index is -0.614. The number of aliphatic hydroxyl groups is 1. The number of methoxy groups -OCH3 is 1. The minimum Gasteiger partial charge on any atom is -0.496 e. The third-order valence-electron chi connectivity index (χ3n) is 3.17. The third-order valence-corrected chi connectivity index (χ3v) is 4.12. The van der Waals surface area contributed by atoms with Gasteiger partial charge in [0, 0.05) is 15.9 Å². The fraction of sp³-hybridized carbons (Fsp3) is 0.250. The van der Waals surface area contributed by atoms with Gasteiger partial charge in [0.15, 0.2) is 0 Å². The lowest BCUT2D eigenvalue weighted by Gasteiger charge is -2.16. The summed E-state index contributed by atoms with van der Waals surface area (Å²) in [6, 6.07) is 11.3. The molecule has 0 saturated heterocycles. The fourth-order valence-corrected chi connectivity index (χ4v) is 2.85. The monoisotopic (exact) mass is 354 g/mol. The van der Waals surface area contributed by atoms with Crippen molar-refractivity contribution in [3.63, 3.8) is 0 Å². The van der Waals surface area contributed by atoms with Crippen LogP contribution >= 0.6 is 27.5 Å². The van der Waals surface area contributed by atoms with Crippen molar-refractivity contribution in [2.45, 2.75) is 19.4 Å². The van der Waals surface area contributed by atoms with Gasteiger partial charge in [-0.3, -0.25) is 0 Å². The summed E-state index contributed by atoms with van der Waals surface area (Å²) in [4.78, 5) is 0. The van der Waals surface area contributed by atoms with Crippen LogP contribution in [0.4, 0.5) is 0 Å². The summed E-state index contributed by atoms with van der Waals surface area (Å²) in [7, 11) is 1.61. The molecule has 1 atom stereocenters. The molecule has 2 nitrogen and oxygen atoms in total. The molecule has 106 valence electrons. The Morgan fingerprint density at radius 3 is 2.70 bits per heavy atom. The van der Waals surface area contributed by atoms with Crippen LogP contribution in [-0.4, -0.2) is 12.2 Å². The molecule has 20 heavy (non-hydrogen) atoms. The molecular formula is C16H16BrClO2. The molecule has 0 bridgehead atoms. The van der Waals surface area contributed by atoms with Crippen LogP contribution in [0.5, 0.6) is 5.75 Å². The summed E-state index contributed by atoms with van der Waals surface area (Å²) in [6.45, 7) is 2.00. The lowest BCUT2D eigenvalue weighted by Crippen LogP contribution is -2.04. The van der Waals surface area contributed by atoms with Crippen LogP contribution in [0.2, 0.25) is 5.02 Å². The van der Waals surface area contributed by atoms with Crippen molar-refractivity contribution >= 4 is 27.5 Å². The van der Waals surface area contributed by atoms with E-state index in [-0.39, 0.29) is 0 Å². The molecule has 0 spiro atoms. The normalized spacial score (nSPS) is 12.2. The van der Waals surface area contributed by atoms with E-state index in [1.165, 1.54) is 0 Å². The molecule has 1 unspecified atom stereocenters. The lowest BCUT2D eigenvalue weighted by molar-refractivity contribution is 0.176. The number of aryl methyl sites for hydroxylation is 1. The van der Waals surface area contributed by atoms with E-state index in [0.717, 1.165) is 26.9 Å². The SMILES string of the molecule is COc1ccc(Cl)cc1CC(O)c1cc(C)ccc1Br. The molecule has 0 aliphatic rings. The highest BCUT2D eigenvalue weighted by Gasteiger charge is 2.15. The van der Waals surface area contributed by atoms with E-state index in [0.29, 0.717) is 11.4 Å². The Hall–Kier alpha value is -1.03. The molecule has 0 amide bonds. The molecule has 0 aliphatic heterocycles. The van der Waals surface area contributed by atoms with Crippen LogP contribution in [0.3, 0.4) is 0 Å². The molecule has 2 rings (SSSR count). The summed E-state index contributed by atoms with van der Waals surface area (Å²) in [5, 5.41) is 11.1. The minimum absolute atomic E-state index is 0.450. The zero-order valence-electron chi connectivity index (χ0n) is 11.4. The quantitative estimate of drug-likeness (QED) is 0.861. The Labute approximate surface area is 132 Å². The standard InChI is InChI=1S/C16H16BrClO2/c1-10-3-5-14(17)13(7-10)15(19)9-11-8-12(18)4-6-16(11)20-2/h3-8,15,19H,9H2,1-2H3. The van der Waals surface area contributed by atoms with Gasteiger partial charge in [-0.25, -0.2) is 0 Å². The first-order valence-corrected chi connectivity index (χ1v) is 7.45. The van der Waals surface area contributed by atoms with Gasteiger partial charge in [-0.2, -0.15) is 0 Å². The summed E-state index contributed by atoms with van der Waals surface area (Å²) < 4.78 is 6.21. The first-order chi connectivity index (χ1) is 9.51. The van der Waals surface area contributed by atoms with Crippen molar-refractivity contribution in [2.24, 2.45) is 0 Å². The van der Waals surface area contributed by atoms with Gasteiger partial charge in [0.2, 0.25) is 0 Å². The average molecular weight is 356 g/mol. The Morgan fingerprint density at radius 2 is 2.00 bits per heavy atom. The van der Waals surface area contributed by atoms with Crippen molar-refractivity contribution in [3.05, 3.63) is 62.6 Å². The molecule has 1 N–H and O–H groups in total. The molecule has 0 heterocycles. The first kappa shape index (κ1) is 15.4. The highest BCUT2D eigenvalue weighted by molar-refractivity contribution is 9.10. The van der Waals surface area contributed by atoms with Gasteiger partial charge in [0.1, 0.15) is 5.75 Å². The fourth-order valence-electron chi connectivity index (χ4n) is 2.14. The second-order valence-electron chi connectivity index (χ2n) is 4.70. The van der Waals surface area contributed by atoms with Crippen LogP contribution in [0.15, 0.2) is 40.9 Å². The number of ether oxygens (including phenoxy) is 1. The van der Waals surface area contributed by atoms with Crippen molar-refractivity contribution < 1.29 is 9.84 Å². The summed E-state index contributed by atoms with van der Waals surface area (Å²) in [5.74, 6) is 0.734. The largest absolute Gasteiger partial charge is 0.496 e. The average Bonchev–Trinajstić information content (AvgIpc) is 2.41. The van der Waals surface area contributed by atoms with E-state index in [2.05, 4.69) is 15.9 Å². The maximum Gasteiger partial charge on any atom is 0.122 e. The summed E-state index contributed by atoms with van der Waals surface area (Å²) in [5.41, 5.74) is 2.87. The van der Waals surface area contributed by atoms with E-state index in [1.54, 1.807) is 13.2 Å². The number of aliphatic hydroxyl groups excluding tert-OH is 1.